The van der Waals surface area contributed by atoms with Crippen LogP contribution in [0.1, 0.15) is 12.0 Å². The Morgan fingerprint density at radius 1 is 1.56 bits per heavy atom. The molecule has 1 aliphatic rings. The van der Waals surface area contributed by atoms with Crippen LogP contribution in [0, 0.1) is 5.92 Å². The van der Waals surface area contributed by atoms with E-state index in [9.17, 15) is 4.79 Å². The highest BCUT2D eigenvalue weighted by molar-refractivity contribution is 7.80. The van der Waals surface area contributed by atoms with Crippen LogP contribution in [0.3, 0.4) is 0 Å². The molecule has 1 saturated heterocycles. The van der Waals surface area contributed by atoms with Gasteiger partial charge in [0.25, 0.3) is 0 Å². The molecule has 1 aromatic rings. The number of aliphatic hydroxyl groups excluding tert-OH is 1. The molecule has 86 valence electrons. The van der Waals surface area contributed by atoms with Crippen molar-refractivity contribution in [3.63, 3.8) is 0 Å². The molecule has 1 N–H and O–H groups in total. The van der Waals surface area contributed by atoms with Crippen molar-refractivity contribution in [2.75, 3.05) is 17.2 Å². The minimum Gasteiger partial charge on any atom is -0.392 e. The van der Waals surface area contributed by atoms with Gasteiger partial charge in [0, 0.05) is 19.2 Å². The van der Waals surface area contributed by atoms with Crippen molar-refractivity contribution in [2.24, 2.45) is 5.92 Å². The van der Waals surface area contributed by atoms with Gasteiger partial charge in [-0.05, 0) is 23.3 Å². The maximum Gasteiger partial charge on any atom is 0.228 e. The number of carbonyl (C=O) groups excluding carboxylic acids is 1. The Labute approximate surface area is 99.7 Å². The van der Waals surface area contributed by atoms with Gasteiger partial charge in [0.15, 0.2) is 0 Å². The highest BCUT2D eigenvalue weighted by Crippen LogP contribution is 2.24. The fourth-order valence-electron chi connectivity index (χ4n) is 1.80. The molecule has 4 nitrogen and oxygen atoms in total. The van der Waals surface area contributed by atoms with Crippen molar-refractivity contribution in [3.05, 3.63) is 23.9 Å². The van der Waals surface area contributed by atoms with Crippen LogP contribution >= 0.6 is 12.6 Å². The third-order valence-electron chi connectivity index (χ3n) is 2.73. The van der Waals surface area contributed by atoms with Crippen molar-refractivity contribution in [3.8, 4) is 0 Å². The summed E-state index contributed by atoms with van der Waals surface area (Å²) in [7, 11) is 0. The molecular formula is C11H14N2O2S. The van der Waals surface area contributed by atoms with Crippen molar-refractivity contribution in [1.82, 2.24) is 4.98 Å². The smallest absolute Gasteiger partial charge is 0.228 e. The number of thiol groups is 1. The third-order valence-corrected chi connectivity index (χ3v) is 3.25. The minimum absolute atomic E-state index is 0.0273. The van der Waals surface area contributed by atoms with Gasteiger partial charge in [-0.2, -0.15) is 12.6 Å². The van der Waals surface area contributed by atoms with Gasteiger partial charge in [-0.3, -0.25) is 9.69 Å². The molecule has 0 bridgehead atoms. The minimum atomic E-state index is -0.0273. The Morgan fingerprint density at radius 2 is 2.38 bits per heavy atom. The summed E-state index contributed by atoms with van der Waals surface area (Å²) in [4.78, 5) is 17.6. The third kappa shape index (κ3) is 2.20. The van der Waals surface area contributed by atoms with Gasteiger partial charge in [0.2, 0.25) is 5.91 Å². The van der Waals surface area contributed by atoms with E-state index < -0.39 is 0 Å². The van der Waals surface area contributed by atoms with E-state index >= 15 is 0 Å². The predicted molar refractivity (Wildman–Crippen MR) is 64.5 cm³/mol. The second-order valence-corrected chi connectivity index (χ2v) is 4.30. The van der Waals surface area contributed by atoms with Gasteiger partial charge in [0.1, 0.15) is 5.82 Å². The molecule has 0 radical (unpaired) electrons. The molecule has 1 amide bonds. The fraction of sp³-hybridized carbons (Fsp3) is 0.455. The Hall–Kier alpha value is -1.07. The Balaban J connectivity index is 2.15. The average molecular weight is 238 g/mol. The van der Waals surface area contributed by atoms with E-state index in [0.29, 0.717) is 24.7 Å². The van der Waals surface area contributed by atoms with Crippen molar-refractivity contribution < 1.29 is 9.90 Å². The van der Waals surface area contributed by atoms with Crippen LogP contribution in [0.4, 0.5) is 5.82 Å². The molecule has 0 aromatic carbocycles. The Morgan fingerprint density at radius 3 is 2.88 bits per heavy atom. The van der Waals surface area contributed by atoms with E-state index in [1.165, 1.54) is 0 Å². The van der Waals surface area contributed by atoms with Gasteiger partial charge in [0.05, 0.1) is 6.61 Å². The van der Waals surface area contributed by atoms with E-state index in [1.807, 2.05) is 0 Å². The van der Waals surface area contributed by atoms with E-state index in [-0.39, 0.29) is 12.5 Å². The van der Waals surface area contributed by atoms with Crippen LogP contribution in [0.25, 0.3) is 0 Å². The topological polar surface area (TPSA) is 53.4 Å². The second kappa shape index (κ2) is 4.84. The second-order valence-electron chi connectivity index (χ2n) is 3.94. The first kappa shape index (κ1) is 11.4. The maximum absolute atomic E-state index is 11.7. The summed E-state index contributed by atoms with van der Waals surface area (Å²) in [5, 5.41) is 8.90. The number of anilines is 1. The van der Waals surface area contributed by atoms with Crippen LogP contribution in [-0.2, 0) is 11.4 Å². The van der Waals surface area contributed by atoms with Gasteiger partial charge in [-0.15, -0.1) is 0 Å². The van der Waals surface area contributed by atoms with Crippen LogP contribution in [0.5, 0.6) is 0 Å². The zero-order valence-corrected chi connectivity index (χ0v) is 9.73. The molecule has 0 spiro atoms. The largest absolute Gasteiger partial charge is 0.392 e. The monoisotopic (exact) mass is 238 g/mol. The quantitative estimate of drug-likeness (QED) is 0.768. The summed E-state index contributed by atoms with van der Waals surface area (Å²) in [6.07, 6.45) is 2.14. The lowest BCUT2D eigenvalue weighted by Crippen LogP contribution is -2.25. The Kier molecular flexibility index (Phi) is 3.46. The predicted octanol–water partition coefficient (Wildman–Crippen LogP) is 0.857. The summed E-state index contributed by atoms with van der Waals surface area (Å²) in [6, 6.07) is 3.55. The lowest BCUT2D eigenvalue weighted by Gasteiger charge is -2.15. The summed E-state index contributed by atoms with van der Waals surface area (Å²) >= 11 is 4.21. The fourth-order valence-corrected chi connectivity index (χ4v) is 2.04. The zero-order valence-electron chi connectivity index (χ0n) is 8.83. The molecular weight excluding hydrogens is 224 g/mol. The number of nitrogens with zero attached hydrogens (tertiary/aromatic N) is 2. The first-order valence-electron chi connectivity index (χ1n) is 5.21. The first-order chi connectivity index (χ1) is 7.74. The molecule has 1 unspecified atom stereocenters. The zero-order chi connectivity index (χ0) is 11.5. The van der Waals surface area contributed by atoms with E-state index in [2.05, 4.69) is 17.6 Å². The van der Waals surface area contributed by atoms with Crippen LogP contribution < -0.4 is 4.90 Å². The molecule has 1 fully saturated rings. The van der Waals surface area contributed by atoms with E-state index in [4.69, 9.17) is 5.11 Å². The van der Waals surface area contributed by atoms with Gasteiger partial charge >= 0.3 is 0 Å². The normalized spacial score (nSPS) is 20.5. The number of pyridine rings is 1. The number of carbonyl (C=O) groups is 1. The van der Waals surface area contributed by atoms with E-state index in [1.54, 1.807) is 23.2 Å². The van der Waals surface area contributed by atoms with Crippen molar-refractivity contribution in [1.29, 1.82) is 0 Å². The molecule has 0 saturated carbocycles. The SMILES string of the molecule is O=C1CC(CS)CN1c1ccc(CO)cn1. The molecule has 1 aliphatic heterocycles. The maximum atomic E-state index is 11.7. The summed E-state index contributed by atoms with van der Waals surface area (Å²) in [5.74, 6) is 1.79. The number of amides is 1. The van der Waals surface area contributed by atoms with Crippen LogP contribution in [0.15, 0.2) is 18.3 Å². The average Bonchev–Trinajstić information content (AvgIpc) is 2.71. The van der Waals surface area contributed by atoms with Gasteiger partial charge in [-0.1, -0.05) is 6.07 Å². The highest BCUT2D eigenvalue weighted by atomic mass is 32.1. The number of hydrogen-bond acceptors (Lipinski definition) is 4. The molecule has 2 rings (SSSR count). The molecule has 16 heavy (non-hydrogen) atoms. The van der Waals surface area contributed by atoms with Gasteiger partial charge < -0.3 is 5.11 Å². The standard InChI is InChI=1S/C11H14N2O2S/c14-6-8-1-2-10(12-4-8)13-5-9(7-16)3-11(13)15/h1-2,4,9,14,16H,3,5-7H2. The molecule has 1 aromatic heterocycles. The lowest BCUT2D eigenvalue weighted by atomic mass is 10.1. The van der Waals surface area contributed by atoms with Crippen LogP contribution in [-0.4, -0.2) is 28.3 Å². The number of rotatable bonds is 3. The molecule has 2 heterocycles. The van der Waals surface area contributed by atoms with Gasteiger partial charge in [-0.25, -0.2) is 4.98 Å². The van der Waals surface area contributed by atoms with Crippen molar-refractivity contribution in [2.45, 2.75) is 13.0 Å². The molecule has 1 atom stereocenters. The number of hydrogen-bond donors (Lipinski definition) is 2. The molecule has 0 aliphatic carbocycles. The number of aromatic nitrogens is 1. The Bertz CT molecular complexity index is 380. The number of aliphatic hydroxyl groups is 1. The first-order valence-corrected chi connectivity index (χ1v) is 5.85. The van der Waals surface area contributed by atoms with Crippen LogP contribution in [0.2, 0.25) is 0 Å². The summed E-state index contributed by atoms with van der Waals surface area (Å²) < 4.78 is 0. The van der Waals surface area contributed by atoms with Crippen molar-refractivity contribution >= 4 is 24.4 Å². The highest BCUT2D eigenvalue weighted by Gasteiger charge is 2.30. The summed E-state index contributed by atoms with van der Waals surface area (Å²) in [5.41, 5.74) is 0.751. The molecule has 5 heteroatoms. The van der Waals surface area contributed by atoms with E-state index in [0.717, 1.165) is 11.3 Å². The lowest BCUT2D eigenvalue weighted by molar-refractivity contribution is -0.117. The summed E-state index contributed by atoms with van der Waals surface area (Å²) in [6.45, 7) is 0.661.